The maximum Gasteiger partial charge on any atom is 0.164 e. The molecule has 0 bridgehead atoms. The lowest BCUT2D eigenvalue weighted by atomic mass is 10.1. The molecule has 0 radical (unpaired) electrons. The van der Waals surface area contributed by atoms with Crippen LogP contribution in [0.25, 0.3) is 5.69 Å². The van der Waals surface area contributed by atoms with Crippen LogP contribution in [0, 0.1) is 0 Å². The third-order valence-electron chi connectivity index (χ3n) is 3.47. The van der Waals surface area contributed by atoms with Gasteiger partial charge in [0.1, 0.15) is 0 Å². The number of benzene rings is 1. The van der Waals surface area contributed by atoms with E-state index in [1.54, 1.807) is 0 Å². The molecular formula is C15H17N3O. The first-order valence-corrected chi connectivity index (χ1v) is 6.67. The lowest BCUT2D eigenvalue weighted by Crippen LogP contribution is -2.08. The van der Waals surface area contributed by atoms with Gasteiger partial charge in [-0.3, -0.25) is 4.79 Å². The van der Waals surface area contributed by atoms with Gasteiger partial charge >= 0.3 is 0 Å². The minimum atomic E-state index is 0.0944. The second-order valence-corrected chi connectivity index (χ2v) is 4.95. The van der Waals surface area contributed by atoms with Crippen LogP contribution in [0.4, 0.5) is 0 Å². The Hall–Kier alpha value is -1.94. The summed E-state index contributed by atoms with van der Waals surface area (Å²) in [6, 6.07) is 9.67. The van der Waals surface area contributed by atoms with Gasteiger partial charge in [-0.15, -0.1) is 0 Å². The van der Waals surface area contributed by atoms with Gasteiger partial charge < -0.3 is 5.73 Å². The normalized spacial score (nSPS) is 14.6. The lowest BCUT2D eigenvalue weighted by molar-refractivity contribution is 0.0985. The van der Waals surface area contributed by atoms with E-state index in [4.69, 9.17) is 5.73 Å². The van der Waals surface area contributed by atoms with E-state index < -0.39 is 0 Å². The number of carbonyl (C=O) groups is 1. The van der Waals surface area contributed by atoms with Crippen LogP contribution in [0.15, 0.2) is 36.5 Å². The molecule has 98 valence electrons. The van der Waals surface area contributed by atoms with E-state index in [1.807, 2.05) is 35.1 Å². The highest BCUT2D eigenvalue weighted by Crippen LogP contribution is 2.40. The number of ketones is 1. The van der Waals surface area contributed by atoms with Crippen molar-refractivity contribution in [2.24, 2.45) is 5.73 Å². The number of Topliss-reactive ketones (excluding diaryl/α,β-unsaturated/α-hetero) is 1. The quantitative estimate of drug-likeness (QED) is 0.834. The zero-order chi connectivity index (χ0) is 13.2. The molecule has 1 aromatic carbocycles. The van der Waals surface area contributed by atoms with Gasteiger partial charge in [-0.2, -0.15) is 5.10 Å². The summed E-state index contributed by atoms with van der Waals surface area (Å²) in [5, 5.41) is 4.37. The van der Waals surface area contributed by atoms with Crippen molar-refractivity contribution < 1.29 is 4.79 Å². The molecule has 2 aromatic rings. The first-order valence-electron chi connectivity index (χ1n) is 6.67. The van der Waals surface area contributed by atoms with Gasteiger partial charge in [-0.05, 0) is 49.7 Å². The second-order valence-electron chi connectivity index (χ2n) is 4.95. The molecule has 4 nitrogen and oxygen atoms in total. The van der Waals surface area contributed by atoms with Crippen LogP contribution in [0.3, 0.4) is 0 Å². The fraction of sp³-hybridized carbons (Fsp3) is 0.333. The monoisotopic (exact) mass is 255 g/mol. The second kappa shape index (κ2) is 4.97. The van der Waals surface area contributed by atoms with Gasteiger partial charge in [0.15, 0.2) is 5.78 Å². The highest BCUT2D eigenvalue weighted by molar-refractivity contribution is 5.96. The van der Waals surface area contributed by atoms with Crippen LogP contribution < -0.4 is 5.73 Å². The van der Waals surface area contributed by atoms with Crippen molar-refractivity contribution in [2.45, 2.75) is 25.2 Å². The summed E-state index contributed by atoms with van der Waals surface area (Å²) in [6.45, 7) is 0.394. The molecular weight excluding hydrogens is 238 g/mol. The molecule has 1 saturated carbocycles. The number of nitrogens with two attached hydrogens (primary N) is 1. The van der Waals surface area contributed by atoms with Crippen molar-refractivity contribution >= 4 is 5.78 Å². The van der Waals surface area contributed by atoms with E-state index >= 15 is 0 Å². The Morgan fingerprint density at radius 1 is 1.26 bits per heavy atom. The fourth-order valence-electron chi connectivity index (χ4n) is 2.28. The van der Waals surface area contributed by atoms with Crippen LogP contribution in [-0.4, -0.2) is 22.1 Å². The molecule has 0 amide bonds. The van der Waals surface area contributed by atoms with E-state index in [1.165, 1.54) is 18.5 Å². The van der Waals surface area contributed by atoms with Gasteiger partial charge in [0, 0.05) is 29.8 Å². The van der Waals surface area contributed by atoms with Crippen LogP contribution in [0.5, 0.6) is 0 Å². The SMILES string of the molecule is NCCC(=O)c1ccc(-n2nccc2C2CC2)cc1. The molecule has 3 rings (SSSR count). The molecule has 1 aliphatic carbocycles. The number of aromatic nitrogens is 2. The van der Waals surface area contributed by atoms with Gasteiger partial charge in [-0.25, -0.2) is 4.68 Å². The predicted octanol–water partition coefficient (Wildman–Crippen LogP) is 2.28. The smallest absolute Gasteiger partial charge is 0.164 e. The van der Waals surface area contributed by atoms with Crippen molar-refractivity contribution in [1.82, 2.24) is 9.78 Å². The third kappa shape index (κ3) is 2.44. The molecule has 1 aromatic heterocycles. The summed E-state index contributed by atoms with van der Waals surface area (Å²) < 4.78 is 1.97. The Morgan fingerprint density at radius 2 is 2.00 bits per heavy atom. The summed E-state index contributed by atoms with van der Waals surface area (Å²) in [7, 11) is 0. The summed E-state index contributed by atoms with van der Waals surface area (Å²) in [4.78, 5) is 11.7. The summed E-state index contributed by atoms with van der Waals surface area (Å²) >= 11 is 0. The molecule has 0 saturated heterocycles. The Balaban J connectivity index is 1.85. The predicted molar refractivity (Wildman–Crippen MR) is 73.5 cm³/mol. The first kappa shape index (κ1) is 12.1. The van der Waals surface area contributed by atoms with Crippen molar-refractivity contribution in [2.75, 3.05) is 6.54 Å². The van der Waals surface area contributed by atoms with Crippen LogP contribution in [0.1, 0.15) is 41.2 Å². The van der Waals surface area contributed by atoms with Crippen molar-refractivity contribution in [3.8, 4) is 5.69 Å². The summed E-state index contributed by atoms with van der Waals surface area (Å²) in [6.07, 6.45) is 4.73. The molecule has 0 spiro atoms. The molecule has 19 heavy (non-hydrogen) atoms. The minimum absolute atomic E-state index is 0.0944. The lowest BCUT2D eigenvalue weighted by Gasteiger charge is -2.07. The topological polar surface area (TPSA) is 60.9 Å². The Morgan fingerprint density at radius 3 is 2.63 bits per heavy atom. The van der Waals surface area contributed by atoms with E-state index in [9.17, 15) is 4.79 Å². The van der Waals surface area contributed by atoms with Gasteiger partial charge in [-0.1, -0.05) is 0 Å². The Kier molecular flexibility index (Phi) is 3.17. The van der Waals surface area contributed by atoms with Crippen molar-refractivity contribution in [3.63, 3.8) is 0 Å². The van der Waals surface area contributed by atoms with Gasteiger partial charge in [0.25, 0.3) is 0 Å². The summed E-state index contributed by atoms with van der Waals surface area (Å²) in [5.41, 5.74) is 8.39. The largest absolute Gasteiger partial charge is 0.330 e. The van der Waals surface area contributed by atoms with E-state index in [2.05, 4.69) is 11.2 Å². The maximum atomic E-state index is 11.7. The van der Waals surface area contributed by atoms with E-state index in [0.717, 1.165) is 5.69 Å². The Labute approximate surface area is 112 Å². The third-order valence-corrected chi connectivity index (χ3v) is 3.47. The van der Waals surface area contributed by atoms with Crippen LogP contribution in [-0.2, 0) is 0 Å². The number of nitrogens with zero attached hydrogens (tertiary/aromatic N) is 2. The summed E-state index contributed by atoms with van der Waals surface area (Å²) in [5.74, 6) is 0.748. The standard InChI is InChI=1S/C15H17N3O/c16-9-7-15(19)12-3-5-13(6-4-12)18-14(8-10-17-18)11-1-2-11/h3-6,8,10-11H,1-2,7,9,16H2. The average Bonchev–Trinajstić information content (AvgIpc) is 3.17. The molecule has 0 unspecified atom stereocenters. The molecule has 1 heterocycles. The molecule has 2 N–H and O–H groups in total. The highest BCUT2D eigenvalue weighted by atomic mass is 16.1. The van der Waals surface area contributed by atoms with Gasteiger partial charge in [0.2, 0.25) is 0 Å². The van der Waals surface area contributed by atoms with Gasteiger partial charge in [0.05, 0.1) is 5.69 Å². The Bertz CT molecular complexity index is 582. The van der Waals surface area contributed by atoms with Crippen molar-refractivity contribution in [1.29, 1.82) is 0 Å². The maximum absolute atomic E-state index is 11.7. The number of carbonyl (C=O) groups excluding carboxylic acids is 1. The molecule has 1 fully saturated rings. The van der Waals surface area contributed by atoms with Crippen LogP contribution in [0.2, 0.25) is 0 Å². The van der Waals surface area contributed by atoms with E-state index in [-0.39, 0.29) is 5.78 Å². The minimum Gasteiger partial charge on any atom is -0.330 e. The molecule has 4 heteroatoms. The van der Waals surface area contributed by atoms with Crippen molar-refractivity contribution in [3.05, 3.63) is 47.8 Å². The average molecular weight is 255 g/mol. The first-order chi connectivity index (χ1) is 9.29. The highest BCUT2D eigenvalue weighted by Gasteiger charge is 2.27. The fourth-order valence-corrected chi connectivity index (χ4v) is 2.28. The van der Waals surface area contributed by atoms with Crippen LogP contribution >= 0.6 is 0 Å². The number of hydrogen-bond acceptors (Lipinski definition) is 3. The number of hydrogen-bond donors (Lipinski definition) is 1. The molecule has 0 aliphatic heterocycles. The molecule has 0 atom stereocenters. The molecule has 1 aliphatic rings. The number of rotatable bonds is 5. The van der Waals surface area contributed by atoms with E-state index in [0.29, 0.717) is 24.4 Å². The zero-order valence-corrected chi connectivity index (χ0v) is 10.7. The zero-order valence-electron chi connectivity index (χ0n) is 10.7.